The zero-order valence-corrected chi connectivity index (χ0v) is 12.3. The van der Waals surface area contributed by atoms with Crippen molar-refractivity contribution in [3.63, 3.8) is 0 Å². The fraction of sp³-hybridized carbons (Fsp3) is 0.105. The molecule has 1 heterocycles. The number of rotatable bonds is 4. The summed E-state index contributed by atoms with van der Waals surface area (Å²) in [5.41, 5.74) is 3.19. The number of hydrogen-bond donors (Lipinski definition) is 0. The van der Waals surface area contributed by atoms with Gasteiger partial charge in [0, 0.05) is 16.5 Å². The monoisotopic (exact) mass is 292 g/mol. The number of carbonyl (C=O) groups is 1. The van der Waals surface area contributed by atoms with Crippen molar-refractivity contribution in [2.75, 3.05) is 0 Å². The van der Waals surface area contributed by atoms with Crippen LogP contribution in [-0.4, -0.2) is 5.97 Å². The molecular formula is C19H16O3. The van der Waals surface area contributed by atoms with E-state index in [0.717, 1.165) is 27.9 Å². The highest BCUT2D eigenvalue weighted by Crippen LogP contribution is 2.27. The molecule has 0 fully saturated rings. The number of hydrogen-bond acceptors (Lipinski definition) is 3. The number of carbonyl (C=O) groups excluding carboxylic acids is 1. The standard InChI is InChI=1S/C19H16O3/c1-13(2)19(20)21-12-14-7-9-15(10-8-14)18-11-16-5-3-4-6-17(16)22-18/h3-11H,1,12H2,2H3. The van der Waals surface area contributed by atoms with E-state index in [1.807, 2.05) is 54.6 Å². The molecule has 3 rings (SSSR count). The Hall–Kier alpha value is -2.81. The third kappa shape index (κ3) is 2.93. The number of furan rings is 1. The zero-order chi connectivity index (χ0) is 15.5. The number of esters is 1. The Labute approximate surface area is 128 Å². The Morgan fingerprint density at radius 3 is 2.55 bits per heavy atom. The normalized spacial score (nSPS) is 10.6. The van der Waals surface area contributed by atoms with Crippen molar-refractivity contribution in [3.05, 3.63) is 72.3 Å². The summed E-state index contributed by atoms with van der Waals surface area (Å²) in [4.78, 5) is 11.4. The molecule has 110 valence electrons. The highest BCUT2D eigenvalue weighted by molar-refractivity contribution is 5.87. The molecule has 0 N–H and O–H groups in total. The van der Waals surface area contributed by atoms with E-state index in [1.54, 1.807) is 6.92 Å². The Bertz CT molecular complexity index is 792. The summed E-state index contributed by atoms with van der Waals surface area (Å²) >= 11 is 0. The first kappa shape index (κ1) is 14.1. The van der Waals surface area contributed by atoms with Crippen LogP contribution in [-0.2, 0) is 16.1 Å². The first-order chi connectivity index (χ1) is 10.6. The van der Waals surface area contributed by atoms with Crippen LogP contribution in [0, 0.1) is 0 Å². The molecule has 22 heavy (non-hydrogen) atoms. The van der Waals surface area contributed by atoms with Gasteiger partial charge in [0.25, 0.3) is 0 Å². The van der Waals surface area contributed by atoms with Gasteiger partial charge in [0.05, 0.1) is 0 Å². The van der Waals surface area contributed by atoms with Crippen LogP contribution in [0.25, 0.3) is 22.3 Å². The molecule has 0 aliphatic carbocycles. The quantitative estimate of drug-likeness (QED) is 0.516. The molecule has 0 atom stereocenters. The van der Waals surface area contributed by atoms with E-state index in [4.69, 9.17) is 9.15 Å². The van der Waals surface area contributed by atoms with Gasteiger partial charge in [-0.3, -0.25) is 0 Å². The molecule has 1 aromatic heterocycles. The molecule has 0 aliphatic heterocycles. The molecule has 3 nitrogen and oxygen atoms in total. The van der Waals surface area contributed by atoms with Gasteiger partial charge in [0.1, 0.15) is 18.0 Å². The second-order valence-corrected chi connectivity index (χ2v) is 5.20. The van der Waals surface area contributed by atoms with Crippen molar-refractivity contribution < 1.29 is 13.9 Å². The number of para-hydroxylation sites is 1. The lowest BCUT2D eigenvalue weighted by Gasteiger charge is -2.05. The van der Waals surface area contributed by atoms with Gasteiger partial charge in [-0.1, -0.05) is 49.0 Å². The molecule has 0 radical (unpaired) electrons. The van der Waals surface area contributed by atoms with Gasteiger partial charge in [-0.05, 0) is 24.6 Å². The van der Waals surface area contributed by atoms with Crippen molar-refractivity contribution in [3.8, 4) is 11.3 Å². The largest absolute Gasteiger partial charge is 0.457 e. The average molecular weight is 292 g/mol. The highest BCUT2D eigenvalue weighted by atomic mass is 16.5. The molecule has 0 amide bonds. The SMILES string of the molecule is C=C(C)C(=O)OCc1ccc(-c2cc3ccccc3o2)cc1. The second kappa shape index (κ2) is 5.90. The van der Waals surface area contributed by atoms with Crippen LogP contribution in [0.5, 0.6) is 0 Å². The summed E-state index contributed by atoms with van der Waals surface area (Å²) in [5, 5.41) is 1.08. The fourth-order valence-electron chi connectivity index (χ4n) is 2.16. The smallest absolute Gasteiger partial charge is 0.333 e. The van der Waals surface area contributed by atoms with E-state index in [0.29, 0.717) is 5.57 Å². The van der Waals surface area contributed by atoms with E-state index in [9.17, 15) is 4.79 Å². The van der Waals surface area contributed by atoms with Crippen molar-refractivity contribution in [1.82, 2.24) is 0 Å². The van der Waals surface area contributed by atoms with E-state index >= 15 is 0 Å². The first-order valence-corrected chi connectivity index (χ1v) is 7.04. The molecule has 0 saturated heterocycles. The second-order valence-electron chi connectivity index (χ2n) is 5.20. The summed E-state index contributed by atoms with van der Waals surface area (Å²) in [6.07, 6.45) is 0. The summed E-state index contributed by atoms with van der Waals surface area (Å²) in [7, 11) is 0. The number of fused-ring (bicyclic) bond motifs is 1. The van der Waals surface area contributed by atoms with Crippen molar-refractivity contribution in [1.29, 1.82) is 0 Å². The predicted octanol–water partition coefficient (Wildman–Crippen LogP) is 4.72. The van der Waals surface area contributed by atoms with Crippen LogP contribution >= 0.6 is 0 Å². The topological polar surface area (TPSA) is 39.4 Å². The lowest BCUT2D eigenvalue weighted by molar-refractivity contribution is -0.140. The fourth-order valence-corrected chi connectivity index (χ4v) is 2.16. The van der Waals surface area contributed by atoms with Crippen LogP contribution in [0.15, 0.2) is 71.2 Å². The molecule has 2 aromatic carbocycles. The lowest BCUT2D eigenvalue weighted by Crippen LogP contribution is -2.04. The predicted molar refractivity (Wildman–Crippen MR) is 86.3 cm³/mol. The molecule has 0 saturated carbocycles. The van der Waals surface area contributed by atoms with E-state index in [2.05, 4.69) is 6.58 Å². The molecule has 0 unspecified atom stereocenters. The number of benzene rings is 2. The summed E-state index contributed by atoms with van der Waals surface area (Å²) in [6, 6.07) is 17.7. The van der Waals surface area contributed by atoms with Gasteiger partial charge in [0.15, 0.2) is 0 Å². The van der Waals surface area contributed by atoms with Crippen LogP contribution < -0.4 is 0 Å². The van der Waals surface area contributed by atoms with Crippen LogP contribution in [0.2, 0.25) is 0 Å². The Balaban J connectivity index is 1.76. The van der Waals surface area contributed by atoms with Crippen molar-refractivity contribution in [2.45, 2.75) is 13.5 Å². The minimum atomic E-state index is -0.374. The number of ether oxygens (including phenoxy) is 1. The minimum absolute atomic E-state index is 0.242. The maximum atomic E-state index is 11.4. The Morgan fingerprint density at radius 1 is 1.14 bits per heavy atom. The highest BCUT2D eigenvalue weighted by Gasteiger charge is 2.07. The van der Waals surface area contributed by atoms with Crippen LogP contribution in [0.1, 0.15) is 12.5 Å². The van der Waals surface area contributed by atoms with E-state index < -0.39 is 0 Å². The van der Waals surface area contributed by atoms with E-state index in [-0.39, 0.29) is 12.6 Å². The van der Waals surface area contributed by atoms with Crippen molar-refractivity contribution >= 4 is 16.9 Å². The maximum absolute atomic E-state index is 11.4. The van der Waals surface area contributed by atoms with Crippen molar-refractivity contribution in [2.24, 2.45) is 0 Å². The molecule has 3 heteroatoms. The van der Waals surface area contributed by atoms with Crippen LogP contribution in [0.3, 0.4) is 0 Å². The van der Waals surface area contributed by atoms with Gasteiger partial charge in [-0.15, -0.1) is 0 Å². The van der Waals surface area contributed by atoms with Gasteiger partial charge in [-0.2, -0.15) is 0 Å². The lowest BCUT2D eigenvalue weighted by atomic mass is 10.1. The molecule has 0 bridgehead atoms. The molecule has 0 aliphatic rings. The molecule has 3 aromatic rings. The summed E-state index contributed by atoms with van der Waals surface area (Å²) < 4.78 is 10.9. The molecule has 0 spiro atoms. The van der Waals surface area contributed by atoms with Gasteiger partial charge >= 0.3 is 5.97 Å². The third-order valence-electron chi connectivity index (χ3n) is 3.38. The maximum Gasteiger partial charge on any atom is 0.333 e. The zero-order valence-electron chi connectivity index (χ0n) is 12.3. The summed E-state index contributed by atoms with van der Waals surface area (Å²) in [6.45, 7) is 5.43. The Kier molecular flexibility index (Phi) is 3.79. The first-order valence-electron chi connectivity index (χ1n) is 7.04. The van der Waals surface area contributed by atoms with Gasteiger partial charge in [0.2, 0.25) is 0 Å². The third-order valence-corrected chi connectivity index (χ3v) is 3.38. The molecular weight excluding hydrogens is 276 g/mol. The van der Waals surface area contributed by atoms with Crippen LogP contribution in [0.4, 0.5) is 0 Å². The van der Waals surface area contributed by atoms with Gasteiger partial charge < -0.3 is 9.15 Å². The van der Waals surface area contributed by atoms with E-state index in [1.165, 1.54) is 0 Å². The Morgan fingerprint density at radius 2 is 1.86 bits per heavy atom. The minimum Gasteiger partial charge on any atom is -0.457 e. The van der Waals surface area contributed by atoms with Gasteiger partial charge in [-0.25, -0.2) is 4.79 Å². The summed E-state index contributed by atoms with van der Waals surface area (Å²) in [5.74, 6) is 0.452. The average Bonchev–Trinajstić information content (AvgIpc) is 2.97.